The standard InChI is InChI=1S/C14H13Si/c15-14-9-5-4-8-13(14)11-10-12-6-2-1-3-7-12/h1-9H,10-11H2. The number of benzene rings is 2. The van der Waals surface area contributed by atoms with Crippen molar-refractivity contribution in [1.29, 1.82) is 0 Å². The van der Waals surface area contributed by atoms with Gasteiger partial charge in [-0.1, -0.05) is 59.8 Å². The van der Waals surface area contributed by atoms with Gasteiger partial charge in [0.25, 0.3) is 0 Å². The molecule has 0 saturated heterocycles. The van der Waals surface area contributed by atoms with Crippen molar-refractivity contribution < 1.29 is 0 Å². The van der Waals surface area contributed by atoms with Gasteiger partial charge in [-0.25, -0.2) is 0 Å². The first-order valence-corrected chi connectivity index (χ1v) is 5.70. The molecule has 2 aromatic rings. The van der Waals surface area contributed by atoms with E-state index >= 15 is 0 Å². The number of rotatable bonds is 3. The third-order valence-electron chi connectivity index (χ3n) is 2.54. The van der Waals surface area contributed by atoms with Crippen LogP contribution in [0.25, 0.3) is 0 Å². The van der Waals surface area contributed by atoms with Crippen LogP contribution in [-0.2, 0) is 12.8 Å². The topological polar surface area (TPSA) is 0 Å². The molecule has 0 aliphatic rings. The van der Waals surface area contributed by atoms with Gasteiger partial charge < -0.3 is 0 Å². The molecular weight excluding hydrogens is 196 g/mol. The Morgan fingerprint density at radius 3 is 2.13 bits per heavy atom. The minimum absolute atomic E-state index is 1.09. The second-order valence-electron chi connectivity index (χ2n) is 3.64. The summed E-state index contributed by atoms with van der Waals surface area (Å²) in [5, 5.41) is 1.20. The van der Waals surface area contributed by atoms with Crippen LogP contribution >= 0.6 is 0 Å². The van der Waals surface area contributed by atoms with E-state index in [0.717, 1.165) is 12.8 Å². The van der Waals surface area contributed by atoms with Gasteiger partial charge in [0.05, 0.1) is 10.2 Å². The molecule has 0 heterocycles. The van der Waals surface area contributed by atoms with Crippen LogP contribution in [0.3, 0.4) is 0 Å². The zero-order valence-electron chi connectivity index (χ0n) is 8.61. The molecule has 15 heavy (non-hydrogen) atoms. The summed E-state index contributed by atoms with van der Waals surface area (Å²) in [4.78, 5) is 0. The molecule has 0 amide bonds. The Morgan fingerprint density at radius 2 is 1.40 bits per heavy atom. The van der Waals surface area contributed by atoms with Crippen LogP contribution in [-0.4, -0.2) is 10.2 Å². The number of aryl methyl sites for hydroxylation is 2. The summed E-state index contributed by atoms with van der Waals surface area (Å²) in [6, 6.07) is 19.0. The number of hydrogen-bond donors (Lipinski definition) is 0. The highest BCUT2D eigenvalue weighted by Gasteiger charge is 1.97. The highest BCUT2D eigenvalue weighted by Crippen LogP contribution is 2.04. The summed E-state index contributed by atoms with van der Waals surface area (Å²) in [5.41, 5.74) is 2.77. The Labute approximate surface area is 94.4 Å². The average molecular weight is 209 g/mol. The summed E-state index contributed by atoms with van der Waals surface area (Å²) >= 11 is 0. The molecule has 2 rings (SSSR count). The normalized spacial score (nSPS) is 10.2. The third-order valence-corrected chi connectivity index (χ3v) is 3.03. The first kappa shape index (κ1) is 10.2. The van der Waals surface area contributed by atoms with E-state index in [9.17, 15) is 0 Å². The summed E-state index contributed by atoms with van der Waals surface area (Å²) < 4.78 is 0. The van der Waals surface area contributed by atoms with Crippen molar-refractivity contribution in [2.45, 2.75) is 12.8 Å². The van der Waals surface area contributed by atoms with Gasteiger partial charge >= 0.3 is 0 Å². The van der Waals surface area contributed by atoms with E-state index in [0.29, 0.717) is 0 Å². The molecule has 1 heteroatoms. The molecular formula is C14H13Si. The summed E-state index contributed by atoms with van der Waals surface area (Å²) in [6.45, 7) is 0. The Morgan fingerprint density at radius 1 is 0.733 bits per heavy atom. The lowest BCUT2D eigenvalue weighted by atomic mass is 10.0. The first-order valence-electron chi connectivity index (χ1n) is 5.20. The molecule has 0 aliphatic carbocycles. The van der Waals surface area contributed by atoms with Crippen LogP contribution < -0.4 is 5.19 Å². The fraction of sp³-hybridized carbons (Fsp3) is 0.143. The molecule has 2 aromatic carbocycles. The van der Waals surface area contributed by atoms with Gasteiger partial charge in [0, 0.05) is 0 Å². The van der Waals surface area contributed by atoms with Crippen LogP contribution in [0.4, 0.5) is 0 Å². The van der Waals surface area contributed by atoms with Crippen molar-refractivity contribution in [3.05, 3.63) is 65.7 Å². The van der Waals surface area contributed by atoms with E-state index in [-0.39, 0.29) is 0 Å². The summed E-state index contributed by atoms with van der Waals surface area (Å²) in [5.74, 6) is 0. The van der Waals surface area contributed by atoms with Crippen LogP contribution in [0.1, 0.15) is 11.1 Å². The molecule has 0 N–H and O–H groups in total. The van der Waals surface area contributed by atoms with Gasteiger partial charge in [-0.3, -0.25) is 0 Å². The Balaban J connectivity index is 2.03. The molecule has 3 radical (unpaired) electrons. The molecule has 0 atom stereocenters. The molecule has 73 valence electrons. The highest BCUT2D eigenvalue weighted by atomic mass is 28.1. The SMILES string of the molecule is [Si]c1ccccc1CCc1ccccc1. The van der Waals surface area contributed by atoms with E-state index in [2.05, 4.69) is 58.8 Å². The fourth-order valence-corrected chi connectivity index (χ4v) is 1.97. The minimum atomic E-state index is 1.09. The van der Waals surface area contributed by atoms with Crippen molar-refractivity contribution in [2.75, 3.05) is 0 Å². The van der Waals surface area contributed by atoms with Gasteiger partial charge in [0.1, 0.15) is 0 Å². The second-order valence-corrected chi connectivity index (χ2v) is 4.18. The second kappa shape index (κ2) is 4.94. The Hall–Kier alpha value is -1.34. The van der Waals surface area contributed by atoms with E-state index in [1.807, 2.05) is 6.07 Å². The van der Waals surface area contributed by atoms with E-state index in [1.54, 1.807) is 0 Å². The van der Waals surface area contributed by atoms with E-state index < -0.39 is 0 Å². The van der Waals surface area contributed by atoms with Crippen LogP contribution in [0, 0.1) is 0 Å². The Kier molecular flexibility index (Phi) is 3.35. The van der Waals surface area contributed by atoms with Crippen LogP contribution in [0.2, 0.25) is 0 Å². The molecule has 0 unspecified atom stereocenters. The lowest BCUT2D eigenvalue weighted by Gasteiger charge is -2.05. The minimum Gasteiger partial charge on any atom is -0.0642 e. The quantitative estimate of drug-likeness (QED) is 0.680. The molecule has 0 nitrogen and oxygen atoms in total. The largest absolute Gasteiger partial charge is 0.0715 e. The molecule has 0 fully saturated rings. The maximum Gasteiger partial charge on any atom is 0.0715 e. The van der Waals surface area contributed by atoms with Crippen LogP contribution in [0.15, 0.2) is 54.6 Å². The lowest BCUT2D eigenvalue weighted by Crippen LogP contribution is -2.10. The lowest BCUT2D eigenvalue weighted by molar-refractivity contribution is 0.966. The zero-order chi connectivity index (χ0) is 10.5. The van der Waals surface area contributed by atoms with Crippen molar-refractivity contribution in [2.24, 2.45) is 0 Å². The molecule has 0 aromatic heterocycles. The predicted molar refractivity (Wildman–Crippen MR) is 65.7 cm³/mol. The van der Waals surface area contributed by atoms with Gasteiger partial charge in [-0.15, -0.1) is 0 Å². The van der Waals surface area contributed by atoms with Gasteiger partial charge in [0.15, 0.2) is 0 Å². The predicted octanol–water partition coefficient (Wildman–Crippen LogP) is 2.27. The maximum atomic E-state index is 3.62. The number of hydrogen-bond acceptors (Lipinski definition) is 0. The smallest absolute Gasteiger partial charge is 0.0642 e. The molecule has 0 bridgehead atoms. The van der Waals surface area contributed by atoms with Crippen LogP contribution in [0.5, 0.6) is 0 Å². The first-order chi connectivity index (χ1) is 7.36. The third kappa shape index (κ3) is 2.80. The summed E-state index contributed by atoms with van der Waals surface area (Å²) in [7, 11) is 3.62. The van der Waals surface area contributed by atoms with Crippen molar-refractivity contribution in [3.8, 4) is 0 Å². The fourth-order valence-electron chi connectivity index (χ4n) is 1.66. The maximum absolute atomic E-state index is 3.62. The van der Waals surface area contributed by atoms with E-state index in [4.69, 9.17) is 0 Å². The van der Waals surface area contributed by atoms with Crippen molar-refractivity contribution >= 4 is 15.4 Å². The van der Waals surface area contributed by atoms with Crippen molar-refractivity contribution in [1.82, 2.24) is 0 Å². The van der Waals surface area contributed by atoms with E-state index in [1.165, 1.54) is 16.3 Å². The van der Waals surface area contributed by atoms with Gasteiger partial charge in [-0.2, -0.15) is 0 Å². The summed E-state index contributed by atoms with van der Waals surface area (Å²) in [6.07, 6.45) is 2.19. The molecule has 0 saturated carbocycles. The zero-order valence-corrected chi connectivity index (χ0v) is 9.61. The average Bonchev–Trinajstić information content (AvgIpc) is 2.29. The molecule has 0 spiro atoms. The van der Waals surface area contributed by atoms with Gasteiger partial charge in [-0.05, 0) is 24.0 Å². The monoisotopic (exact) mass is 209 g/mol. The highest BCUT2D eigenvalue weighted by molar-refractivity contribution is 6.33. The van der Waals surface area contributed by atoms with Gasteiger partial charge in [0.2, 0.25) is 0 Å². The van der Waals surface area contributed by atoms with Crippen molar-refractivity contribution in [3.63, 3.8) is 0 Å². The Bertz CT molecular complexity index is 420. The molecule has 0 aliphatic heterocycles.